The minimum Gasteiger partial charge on any atom is -0.465 e. The molecule has 1 saturated heterocycles. The van der Waals surface area contributed by atoms with E-state index in [0.29, 0.717) is 44.8 Å². The van der Waals surface area contributed by atoms with Gasteiger partial charge in [0.2, 0.25) is 5.91 Å². The fourth-order valence-electron chi connectivity index (χ4n) is 3.48. The minimum absolute atomic E-state index is 0.0434. The zero-order valence-corrected chi connectivity index (χ0v) is 17.4. The summed E-state index contributed by atoms with van der Waals surface area (Å²) in [6.45, 7) is 4.09. The van der Waals surface area contributed by atoms with Gasteiger partial charge in [-0.15, -0.1) is 11.6 Å². The number of hydrogen-bond donors (Lipinski definition) is 0. The first kappa shape index (κ1) is 23.3. The molecule has 1 heterocycles. The molecule has 0 bridgehead atoms. The van der Waals surface area contributed by atoms with Gasteiger partial charge in [-0.05, 0) is 19.3 Å². The largest absolute Gasteiger partial charge is 0.465 e. The first-order valence-corrected chi connectivity index (χ1v) is 11.2. The molecule has 0 saturated carbocycles. The second-order valence-electron chi connectivity index (χ2n) is 7.44. The molecule has 4 nitrogen and oxygen atoms in total. The summed E-state index contributed by atoms with van der Waals surface area (Å²) in [6, 6.07) is 0. The summed E-state index contributed by atoms with van der Waals surface area (Å²) in [5.41, 5.74) is 0. The highest BCUT2D eigenvalue weighted by Crippen LogP contribution is 2.19. The van der Waals surface area contributed by atoms with Crippen LogP contribution < -0.4 is 0 Å². The number of carbonyl (C=O) groups excluding carboxylic acids is 2. The molecule has 0 radical (unpaired) electrons. The van der Waals surface area contributed by atoms with Crippen molar-refractivity contribution in [2.24, 2.45) is 5.92 Å². The Bertz CT molecular complexity index is 381. The molecule has 1 aliphatic rings. The Morgan fingerprint density at radius 2 is 1.46 bits per heavy atom. The quantitative estimate of drug-likeness (QED) is 0.230. The second kappa shape index (κ2) is 15.3. The van der Waals surface area contributed by atoms with E-state index in [1.54, 1.807) is 0 Å². The molecule has 1 fully saturated rings. The Kier molecular flexibility index (Phi) is 13.7. The average Bonchev–Trinajstić information content (AvgIpc) is 2.66. The van der Waals surface area contributed by atoms with Crippen molar-refractivity contribution in [3.63, 3.8) is 0 Å². The van der Waals surface area contributed by atoms with Crippen LogP contribution in [-0.2, 0) is 14.3 Å². The van der Waals surface area contributed by atoms with Crippen molar-refractivity contribution in [3.05, 3.63) is 0 Å². The third kappa shape index (κ3) is 10.4. The number of likely N-dealkylation sites (tertiary alicyclic amines) is 1. The fraction of sp³-hybridized carbons (Fsp3) is 0.905. The van der Waals surface area contributed by atoms with Crippen molar-refractivity contribution in [1.82, 2.24) is 4.90 Å². The molecule has 0 atom stereocenters. The summed E-state index contributed by atoms with van der Waals surface area (Å²) in [4.78, 5) is 25.7. The molecule has 0 N–H and O–H groups in total. The van der Waals surface area contributed by atoms with Gasteiger partial charge in [0.05, 0.1) is 12.5 Å². The van der Waals surface area contributed by atoms with Gasteiger partial charge in [0.15, 0.2) is 0 Å². The van der Waals surface area contributed by atoms with Crippen LogP contribution in [0.5, 0.6) is 0 Å². The van der Waals surface area contributed by atoms with Crippen LogP contribution in [-0.4, -0.2) is 42.4 Å². The Morgan fingerprint density at radius 1 is 0.923 bits per heavy atom. The SMILES string of the molecule is CCCCCCCCCCCCOC(=O)C1CCN(C(=O)CCCl)CC1. The van der Waals surface area contributed by atoms with Gasteiger partial charge in [0, 0.05) is 25.4 Å². The number of amides is 1. The van der Waals surface area contributed by atoms with Crippen molar-refractivity contribution in [1.29, 1.82) is 0 Å². The molecule has 1 aliphatic heterocycles. The summed E-state index contributed by atoms with van der Waals surface area (Å²) in [5, 5.41) is 0. The molecule has 152 valence electrons. The zero-order chi connectivity index (χ0) is 19.0. The molecule has 0 unspecified atom stereocenters. The third-order valence-corrected chi connectivity index (χ3v) is 5.42. The minimum atomic E-state index is -0.0784. The zero-order valence-electron chi connectivity index (χ0n) is 16.6. The Labute approximate surface area is 165 Å². The van der Waals surface area contributed by atoms with E-state index >= 15 is 0 Å². The molecule has 1 rings (SSSR count). The monoisotopic (exact) mass is 387 g/mol. The molecule has 0 aliphatic carbocycles. The van der Waals surface area contributed by atoms with Crippen molar-refractivity contribution in [2.75, 3.05) is 25.6 Å². The van der Waals surface area contributed by atoms with E-state index in [9.17, 15) is 9.59 Å². The number of alkyl halides is 1. The van der Waals surface area contributed by atoms with Gasteiger partial charge in [0.1, 0.15) is 0 Å². The lowest BCUT2D eigenvalue weighted by Gasteiger charge is -2.30. The Balaban J connectivity index is 1.95. The third-order valence-electron chi connectivity index (χ3n) is 5.23. The van der Waals surface area contributed by atoms with E-state index in [1.807, 2.05) is 4.90 Å². The molecule has 0 spiro atoms. The average molecular weight is 388 g/mol. The molecule has 5 heteroatoms. The lowest BCUT2D eigenvalue weighted by Crippen LogP contribution is -2.40. The maximum Gasteiger partial charge on any atom is 0.309 e. The maximum absolute atomic E-state index is 12.1. The molecule has 0 aromatic heterocycles. The number of carbonyl (C=O) groups is 2. The van der Waals surface area contributed by atoms with Gasteiger partial charge in [-0.2, -0.15) is 0 Å². The predicted octanol–water partition coefficient (Wildman–Crippen LogP) is 5.32. The summed E-state index contributed by atoms with van der Waals surface area (Å²) in [5.74, 6) is 0.334. The Hall–Kier alpha value is -0.770. The van der Waals surface area contributed by atoms with Gasteiger partial charge in [0.25, 0.3) is 0 Å². The van der Waals surface area contributed by atoms with Crippen LogP contribution in [0.2, 0.25) is 0 Å². The van der Waals surface area contributed by atoms with Crippen LogP contribution in [0.25, 0.3) is 0 Å². The summed E-state index contributed by atoms with van der Waals surface area (Å²) < 4.78 is 5.43. The number of ether oxygens (including phenoxy) is 1. The van der Waals surface area contributed by atoms with E-state index < -0.39 is 0 Å². The Morgan fingerprint density at radius 3 is 2.00 bits per heavy atom. The highest BCUT2D eigenvalue weighted by molar-refractivity contribution is 6.18. The van der Waals surface area contributed by atoms with Crippen molar-refractivity contribution in [2.45, 2.75) is 90.4 Å². The predicted molar refractivity (Wildman–Crippen MR) is 107 cm³/mol. The van der Waals surface area contributed by atoms with Crippen LogP contribution in [0.1, 0.15) is 90.4 Å². The van der Waals surface area contributed by atoms with Crippen LogP contribution in [0.3, 0.4) is 0 Å². The van der Waals surface area contributed by atoms with Crippen LogP contribution in [0, 0.1) is 5.92 Å². The summed E-state index contributed by atoms with van der Waals surface area (Å²) in [7, 11) is 0. The van der Waals surface area contributed by atoms with Crippen molar-refractivity contribution in [3.8, 4) is 0 Å². The number of nitrogens with zero attached hydrogens (tertiary/aromatic N) is 1. The number of piperidine rings is 1. The first-order valence-electron chi connectivity index (χ1n) is 10.7. The van der Waals surface area contributed by atoms with Gasteiger partial charge >= 0.3 is 5.97 Å². The number of halogens is 1. The number of rotatable bonds is 14. The van der Waals surface area contributed by atoms with E-state index in [1.165, 1.54) is 51.4 Å². The molecular weight excluding hydrogens is 350 g/mol. The topological polar surface area (TPSA) is 46.6 Å². The van der Waals surface area contributed by atoms with E-state index in [0.717, 1.165) is 12.8 Å². The van der Waals surface area contributed by atoms with Gasteiger partial charge in [-0.3, -0.25) is 9.59 Å². The van der Waals surface area contributed by atoms with E-state index in [4.69, 9.17) is 16.3 Å². The van der Waals surface area contributed by atoms with Crippen LogP contribution >= 0.6 is 11.6 Å². The van der Waals surface area contributed by atoms with Gasteiger partial charge in [-0.1, -0.05) is 64.7 Å². The molecular formula is C21H38ClNO3. The van der Waals surface area contributed by atoms with Crippen LogP contribution in [0.4, 0.5) is 0 Å². The van der Waals surface area contributed by atoms with Crippen molar-refractivity contribution >= 4 is 23.5 Å². The lowest BCUT2D eigenvalue weighted by atomic mass is 9.97. The standard InChI is InChI=1S/C21H38ClNO3/c1-2-3-4-5-6-7-8-9-10-11-18-26-21(25)19-13-16-23(17-14-19)20(24)12-15-22/h19H,2-18H2,1H3. The summed E-state index contributed by atoms with van der Waals surface area (Å²) in [6.07, 6.45) is 14.6. The van der Waals surface area contributed by atoms with Crippen LogP contribution in [0.15, 0.2) is 0 Å². The number of esters is 1. The first-order chi connectivity index (χ1) is 12.7. The number of hydrogen-bond acceptors (Lipinski definition) is 3. The number of unbranched alkanes of at least 4 members (excludes halogenated alkanes) is 9. The summed E-state index contributed by atoms with van der Waals surface area (Å²) >= 11 is 5.61. The van der Waals surface area contributed by atoms with E-state index in [2.05, 4.69) is 6.92 Å². The lowest BCUT2D eigenvalue weighted by molar-refractivity contribution is -0.151. The molecule has 0 aromatic rings. The fourth-order valence-corrected chi connectivity index (χ4v) is 3.65. The second-order valence-corrected chi connectivity index (χ2v) is 7.82. The smallest absolute Gasteiger partial charge is 0.309 e. The molecule has 0 aromatic carbocycles. The molecule has 26 heavy (non-hydrogen) atoms. The highest BCUT2D eigenvalue weighted by atomic mass is 35.5. The van der Waals surface area contributed by atoms with Gasteiger partial charge in [-0.25, -0.2) is 0 Å². The highest BCUT2D eigenvalue weighted by Gasteiger charge is 2.27. The maximum atomic E-state index is 12.1. The molecule has 1 amide bonds. The van der Waals surface area contributed by atoms with Crippen molar-refractivity contribution < 1.29 is 14.3 Å². The normalized spacial score (nSPS) is 15.2. The van der Waals surface area contributed by atoms with Gasteiger partial charge < -0.3 is 9.64 Å². The van der Waals surface area contributed by atoms with E-state index in [-0.39, 0.29) is 17.8 Å².